The number of hydrogen-bond donors (Lipinski definition) is 3. The Labute approximate surface area is 116 Å². The van der Waals surface area contributed by atoms with Gasteiger partial charge in [0.25, 0.3) is 5.69 Å². The normalized spacial score (nSPS) is 30.0. The van der Waals surface area contributed by atoms with Gasteiger partial charge < -0.3 is 20.3 Å². The van der Waals surface area contributed by atoms with Crippen molar-refractivity contribution in [2.24, 2.45) is 0 Å². The van der Waals surface area contributed by atoms with Crippen molar-refractivity contribution in [2.45, 2.75) is 44.8 Å². The first kappa shape index (κ1) is 14.7. The van der Waals surface area contributed by atoms with E-state index in [2.05, 4.69) is 5.32 Å². The molecule has 2 rings (SSSR count). The van der Waals surface area contributed by atoms with Gasteiger partial charge in [0.15, 0.2) is 0 Å². The number of nitrogens with one attached hydrogen (secondary N) is 1. The fourth-order valence-corrected chi connectivity index (χ4v) is 2.26. The monoisotopic (exact) mass is 282 g/mol. The van der Waals surface area contributed by atoms with Crippen molar-refractivity contribution >= 4 is 11.4 Å². The largest absolute Gasteiger partial charge is 0.390 e. The maximum atomic E-state index is 10.7. The lowest BCUT2D eigenvalue weighted by Crippen LogP contribution is -2.49. The molecule has 1 heterocycles. The van der Waals surface area contributed by atoms with Crippen molar-refractivity contribution in [2.75, 3.05) is 5.32 Å². The van der Waals surface area contributed by atoms with Gasteiger partial charge in [0.1, 0.15) is 12.3 Å². The number of nitrogens with zero attached hydrogens (tertiary/aromatic N) is 1. The molecule has 1 saturated heterocycles. The summed E-state index contributed by atoms with van der Waals surface area (Å²) in [7, 11) is 0. The van der Waals surface area contributed by atoms with E-state index in [9.17, 15) is 20.3 Å². The van der Waals surface area contributed by atoms with Crippen molar-refractivity contribution in [1.82, 2.24) is 0 Å². The number of ether oxygens (including phenoxy) is 1. The molecule has 0 spiro atoms. The molecule has 4 atom stereocenters. The van der Waals surface area contributed by atoms with Crippen LogP contribution in [0.15, 0.2) is 18.2 Å². The second-order valence-corrected chi connectivity index (χ2v) is 5.02. The van der Waals surface area contributed by atoms with E-state index in [1.54, 1.807) is 19.9 Å². The van der Waals surface area contributed by atoms with Gasteiger partial charge in [-0.3, -0.25) is 10.1 Å². The van der Waals surface area contributed by atoms with Crippen molar-refractivity contribution < 1.29 is 19.9 Å². The van der Waals surface area contributed by atoms with Crippen LogP contribution in [0.4, 0.5) is 11.4 Å². The number of nitro benzene ring substituents is 1. The lowest BCUT2D eigenvalue weighted by Gasteiger charge is -2.36. The van der Waals surface area contributed by atoms with Crippen LogP contribution in [-0.2, 0) is 4.74 Å². The molecule has 1 aliphatic rings. The van der Waals surface area contributed by atoms with Crippen LogP contribution in [0, 0.1) is 17.0 Å². The van der Waals surface area contributed by atoms with E-state index in [-0.39, 0.29) is 12.1 Å². The summed E-state index contributed by atoms with van der Waals surface area (Å²) in [6.45, 7) is 3.44. The summed E-state index contributed by atoms with van der Waals surface area (Å²) in [5.74, 6) is 0. The Kier molecular flexibility index (Phi) is 4.22. The second kappa shape index (κ2) is 5.74. The molecule has 7 nitrogen and oxygen atoms in total. The molecule has 0 unspecified atom stereocenters. The zero-order valence-corrected chi connectivity index (χ0v) is 11.3. The van der Waals surface area contributed by atoms with Gasteiger partial charge in [0.05, 0.1) is 17.1 Å². The summed E-state index contributed by atoms with van der Waals surface area (Å²) in [4.78, 5) is 10.2. The van der Waals surface area contributed by atoms with E-state index < -0.39 is 29.5 Å². The average Bonchev–Trinajstić information content (AvgIpc) is 2.38. The third-order valence-electron chi connectivity index (χ3n) is 3.45. The first-order valence-electron chi connectivity index (χ1n) is 6.41. The number of anilines is 1. The molecule has 20 heavy (non-hydrogen) atoms. The van der Waals surface area contributed by atoms with Crippen LogP contribution in [-0.4, -0.2) is 39.7 Å². The molecule has 1 aromatic rings. The van der Waals surface area contributed by atoms with Gasteiger partial charge in [-0.2, -0.15) is 0 Å². The molecule has 0 amide bonds. The third kappa shape index (κ3) is 3.06. The van der Waals surface area contributed by atoms with Crippen molar-refractivity contribution in [3.05, 3.63) is 33.9 Å². The third-order valence-corrected chi connectivity index (χ3v) is 3.45. The van der Waals surface area contributed by atoms with Gasteiger partial charge in [-0.15, -0.1) is 0 Å². The van der Waals surface area contributed by atoms with Crippen LogP contribution in [0.25, 0.3) is 0 Å². The van der Waals surface area contributed by atoms with Crippen LogP contribution in [0.5, 0.6) is 0 Å². The van der Waals surface area contributed by atoms with Gasteiger partial charge in [-0.05, 0) is 25.5 Å². The highest BCUT2D eigenvalue weighted by Crippen LogP contribution is 2.25. The van der Waals surface area contributed by atoms with Crippen LogP contribution in [0.3, 0.4) is 0 Å². The highest BCUT2D eigenvalue weighted by molar-refractivity contribution is 5.55. The van der Waals surface area contributed by atoms with E-state index in [1.807, 2.05) is 0 Å². The molecule has 7 heteroatoms. The van der Waals surface area contributed by atoms with E-state index >= 15 is 0 Å². The van der Waals surface area contributed by atoms with Crippen LogP contribution in [0.2, 0.25) is 0 Å². The highest BCUT2D eigenvalue weighted by Gasteiger charge is 2.34. The summed E-state index contributed by atoms with van der Waals surface area (Å²) >= 11 is 0. The minimum Gasteiger partial charge on any atom is -0.390 e. The minimum absolute atomic E-state index is 0.0291. The number of aliphatic hydroxyl groups excluding tert-OH is 2. The predicted octanol–water partition coefficient (Wildman–Crippen LogP) is 1.17. The number of rotatable bonds is 3. The maximum Gasteiger partial charge on any atom is 0.269 e. The Balaban J connectivity index is 2.09. The molecule has 1 aromatic carbocycles. The second-order valence-electron chi connectivity index (χ2n) is 5.02. The van der Waals surface area contributed by atoms with Crippen molar-refractivity contribution in [3.63, 3.8) is 0 Å². The van der Waals surface area contributed by atoms with E-state index in [1.165, 1.54) is 12.1 Å². The number of nitro groups is 1. The smallest absolute Gasteiger partial charge is 0.269 e. The van der Waals surface area contributed by atoms with Gasteiger partial charge in [-0.25, -0.2) is 0 Å². The Morgan fingerprint density at radius 1 is 1.45 bits per heavy atom. The van der Waals surface area contributed by atoms with Crippen LogP contribution in [0.1, 0.15) is 18.9 Å². The number of aryl methyl sites for hydroxylation is 1. The van der Waals surface area contributed by atoms with Gasteiger partial charge in [0, 0.05) is 24.2 Å². The quantitative estimate of drug-likeness (QED) is 0.568. The number of hydrogen-bond acceptors (Lipinski definition) is 6. The lowest BCUT2D eigenvalue weighted by molar-refractivity contribution is -0.384. The predicted molar refractivity (Wildman–Crippen MR) is 72.4 cm³/mol. The molecule has 0 aliphatic carbocycles. The summed E-state index contributed by atoms with van der Waals surface area (Å²) in [6, 6.07) is 4.49. The fraction of sp³-hybridized carbons (Fsp3) is 0.538. The average molecular weight is 282 g/mol. The Hall–Kier alpha value is -1.70. The molecular weight excluding hydrogens is 264 g/mol. The van der Waals surface area contributed by atoms with Gasteiger partial charge in [-0.1, -0.05) is 0 Å². The van der Waals surface area contributed by atoms with Gasteiger partial charge >= 0.3 is 0 Å². The maximum absolute atomic E-state index is 10.7. The molecule has 1 fully saturated rings. The van der Waals surface area contributed by atoms with Crippen molar-refractivity contribution in [3.8, 4) is 0 Å². The number of non-ortho nitro benzene ring substituents is 1. The summed E-state index contributed by atoms with van der Waals surface area (Å²) in [5, 5.41) is 33.1. The first-order chi connectivity index (χ1) is 9.38. The summed E-state index contributed by atoms with van der Waals surface area (Å²) in [5.41, 5.74) is 1.45. The number of aliphatic hydroxyl groups is 2. The topological polar surface area (TPSA) is 105 Å². The Morgan fingerprint density at radius 2 is 2.15 bits per heavy atom. The molecule has 0 saturated carbocycles. The highest BCUT2D eigenvalue weighted by atomic mass is 16.6. The zero-order valence-electron chi connectivity index (χ0n) is 11.3. The standard InChI is InChI=1S/C13H18N2O5/c1-7-5-9(15(18)19)3-4-10(7)14-12-6-11(16)13(17)8(2)20-12/h3-5,8,11-14,16-17H,6H2,1-2H3/t8-,11+,12-,13+/m0/s1. The molecule has 0 radical (unpaired) electrons. The van der Waals surface area contributed by atoms with E-state index in [0.717, 1.165) is 5.56 Å². The van der Waals surface area contributed by atoms with E-state index in [4.69, 9.17) is 4.74 Å². The summed E-state index contributed by atoms with van der Waals surface area (Å²) < 4.78 is 5.55. The van der Waals surface area contributed by atoms with Crippen LogP contribution >= 0.6 is 0 Å². The minimum atomic E-state index is -0.897. The van der Waals surface area contributed by atoms with Crippen molar-refractivity contribution in [1.29, 1.82) is 0 Å². The molecule has 110 valence electrons. The van der Waals surface area contributed by atoms with Crippen LogP contribution < -0.4 is 5.32 Å². The van der Waals surface area contributed by atoms with Gasteiger partial charge in [0.2, 0.25) is 0 Å². The molecule has 0 aromatic heterocycles. The molecule has 3 N–H and O–H groups in total. The lowest BCUT2D eigenvalue weighted by atomic mass is 10.0. The zero-order chi connectivity index (χ0) is 14.9. The molecule has 1 aliphatic heterocycles. The molecule has 0 bridgehead atoms. The van der Waals surface area contributed by atoms with E-state index in [0.29, 0.717) is 5.69 Å². The fourth-order valence-electron chi connectivity index (χ4n) is 2.26. The number of benzene rings is 1. The SMILES string of the molecule is Cc1cc([N+](=O)[O-])ccc1N[C@@H]1C[C@@H](O)[C@H](O)[C@H](C)O1. The Morgan fingerprint density at radius 3 is 2.70 bits per heavy atom. The first-order valence-corrected chi connectivity index (χ1v) is 6.41. The Bertz CT molecular complexity index is 496. The summed E-state index contributed by atoms with van der Waals surface area (Å²) in [6.07, 6.45) is -2.42. The molecular formula is C13H18N2O5.